The first-order valence-electron chi connectivity index (χ1n) is 12.0. The molecule has 0 unspecified atom stereocenters. The lowest BCUT2D eigenvalue weighted by Gasteiger charge is -2.34. The van der Waals surface area contributed by atoms with Gasteiger partial charge in [-0.2, -0.15) is 0 Å². The van der Waals surface area contributed by atoms with Crippen LogP contribution in [-0.2, 0) is 16.1 Å². The highest BCUT2D eigenvalue weighted by molar-refractivity contribution is 5.91. The molecule has 190 valence electrons. The highest BCUT2D eigenvalue weighted by Crippen LogP contribution is 2.23. The number of urea groups is 1. The maximum Gasteiger partial charge on any atom is 0.328 e. The van der Waals surface area contributed by atoms with Gasteiger partial charge >= 0.3 is 12.0 Å². The summed E-state index contributed by atoms with van der Waals surface area (Å²) in [5.74, 6) is 0.541. The Bertz CT molecular complexity index is 1210. The van der Waals surface area contributed by atoms with E-state index in [0.29, 0.717) is 50.1 Å². The maximum absolute atomic E-state index is 13.1. The van der Waals surface area contributed by atoms with E-state index in [0.717, 1.165) is 10.9 Å². The van der Waals surface area contributed by atoms with Gasteiger partial charge in [0.2, 0.25) is 0 Å². The van der Waals surface area contributed by atoms with Crippen LogP contribution in [-0.4, -0.2) is 71.1 Å². The van der Waals surface area contributed by atoms with Crippen LogP contribution >= 0.6 is 0 Å². The van der Waals surface area contributed by atoms with Crippen LogP contribution < -0.4 is 10.6 Å². The van der Waals surface area contributed by atoms with Gasteiger partial charge in [-0.25, -0.2) is 23.9 Å². The minimum Gasteiger partial charge on any atom is -0.467 e. The van der Waals surface area contributed by atoms with Crippen LogP contribution in [0.3, 0.4) is 0 Å². The maximum atomic E-state index is 13.1. The van der Waals surface area contributed by atoms with Gasteiger partial charge in [-0.3, -0.25) is 4.90 Å². The summed E-state index contributed by atoms with van der Waals surface area (Å²) in [6.07, 6.45) is 0. The zero-order valence-electron chi connectivity index (χ0n) is 20.7. The first kappa shape index (κ1) is 25.3. The number of piperazine rings is 1. The Morgan fingerprint density at radius 1 is 1.03 bits per heavy atom. The SMILES string of the molecule is COC(=O)[C@@H](Nc1nc(CN2CCN(C(=O)Nc3ccc(F)cc3)CC2)nc2ccccc12)C(C)C. The highest BCUT2D eigenvalue weighted by atomic mass is 19.1. The fourth-order valence-electron chi connectivity index (χ4n) is 4.12. The molecule has 0 radical (unpaired) electrons. The summed E-state index contributed by atoms with van der Waals surface area (Å²) in [4.78, 5) is 38.3. The molecule has 2 heterocycles. The first-order valence-corrected chi connectivity index (χ1v) is 12.0. The van der Waals surface area contributed by atoms with Crippen molar-refractivity contribution in [1.29, 1.82) is 0 Å². The van der Waals surface area contributed by atoms with Gasteiger partial charge in [0.05, 0.1) is 19.2 Å². The third-order valence-corrected chi connectivity index (χ3v) is 6.18. The highest BCUT2D eigenvalue weighted by Gasteiger charge is 2.25. The Balaban J connectivity index is 1.43. The number of esters is 1. The molecule has 1 atom stereocenters. The van der Waals surface area contributed by atoms with Gasteiger partial charge in [-0.15, -0.1) is 0 Å². The molecule has 10 heteroatoms. The second kappa shape index (κ2) is 11.3. The van der Waals surface area contributed by atoms with E-state index in [1.165, 1.54) is 31.4 Å². The van der Waals surface area contributed by atoms with E-state index in [2.05, 4.69) is 15.5 Å². The van der Waals surface area contributed by atoms with Crippen LogP contribution in [0.1, 0.15) is 19.7 Å². The number of aromatic nitrogens is 2. The molecule has 0 saturated carbocycles. The molecule has 36 heavy (non-hydrogen) atoms. The minimum absolute atomic E-state index is 0.00348. The van der Waals surface area contributed by atoms with Gasteiger partial charge in [0.25, 0.3) is 0 Å². The van der Waals surface area contributed by atoms with Crippen molar-refractivity contribution in [1.82, 2.24) is 19.8 Å². The molecule has 0 bridgehead atoms. The molecule has 4 rings (SSSR count). The molecule has 0 aliphatic carbocycles. The Morgan fingerprint density at radius 2 is 1.72 bits per heavy atom. The van der Waals surface area contributed by atoms with Crippen molar-refractivity contribution in [2.75, 3.05) is 43.9 Å². The average molecular weight is 495 g/mol. The average Bonchev–Trinajstić information content (AvgIpc) is 2.88. The van der Waals surface area contributed by atoms with Crippen LogP contribution in [0.2, 0.25) is 0 Å². The van der Waals surface area contributed by atoms with Crippen LogP contribution in [0.5, 0.6) is 0 Å². The molecule has 2 amide bonds. The molecule has 0 spiro atoms. The Kier molecular flexibility index (Phi) is 7.94. The van der Waals surface area contributed by atoms with E-state index in [4.69, 9.17) is 14.7 Å². The molecule has 1 aromatic heterocycles. The predicted octanol–water partition coefficient (Wildman–Crippen LogP) is 3.73. The van der Waals surface area contributed by atoms with E-state index < -0.39 is 6.04 Å². The van der Waals surface area contributed by atoms with Crippen LogP contribution in [0, 0.1) is 11.7 Å². The molecule has 2 N–H and O–H groups in total. The lowest BCUT2D eigenvalue weighted by atomic mass is 10.0. The van der Waals surface area contributed by atoms with Crippen molar-refractivity contribution in [3.63, 3.8) is 0 Å². The number of para-hydroxylation sites is 1. The zero-order valence-corrected chi connectivity index (χ0v) is 20.7. The topological polar surface area (TPSA) is 99.7 Å². The van der Waals surface area contributed by atoms with Gasteiger partial charge in [-0.1, -0.05) is 26.0 Å². The molecule has 1 fully saturated rings. The van der Waals surface area contributed by atoms with Gasteiger partial charge < -0.3 is 20.3 Å². The normalized spacial score (nSPS) is 15.1. The number of halogens is 1. The summed E-state index contributed by atoms with van der Waals surface area (Å²) < 4.78 is 18.1. The van der Waals surface area contributed by atoms with Crippen LogP contribution in [0.25, 0.3) is 10.9 Å². The van der Waals surface area contributed by atoms with Crippen molar-refractivity contribution < 1.29 is 18.7 Å². The fourth-order valence-corrected chi connectivity index (χ4v) is 4.12. The van der Waals surface area contributed by atoms with E-state index in [1.807, 2.05) is 38.1 Å². The van der Waals surface area contributed by atoms with Crippen molar-refractivity contribution in [2.24, 2.45) is 5.92 Å². The smallest absolute Gasteiger partial charge is 0.328 e. The molecular formula is C26H31FN6O3. The largest absolute Gasteiger partial charge is 0.467 e. The number of carbonyl (C=O) groups is 2. The lowest BCUT2D eigenvalue weighted by Crippen LogP contribution is -2.49. The first-order chi connectivity index (χ1) is 17.3. The number of ether oxygens (including phenoxy) is 1. The van der Waals surface area contributed by atoms with Crippen molar-refractivity contribution in [3.8, 4) is 0 Å². The third-order valence-electron chi connectivity index (χ3n) is 6.18. The van der Waals surface area contributed by atoms with Gasteiger partial charge in [0, 0.05) is 37.3 Å². The molecule has 3 aromatic rings. The van der Waals surface area contributed by atoms with Gasteiger partial charge in [0.1, 0.15) is 23.5 Å². The zero-order chi connectivity index (χ0) is 25.7. The van der Waals surface area contributed by atoms with Crippen LogP contribution in [0.4, 0.5) is 20.7 Å². The number of hydrogen-bond donors (Lipinski definition) is 2. The molecule has 9 nitrogen and oxygen atoms in total. The van der Waals surface area contributed by atoms with E-state index in [9.17, 15) is 14.0 Å². The summed E-state index contributed by atoms with van der Waals surface area (Å²) >= 11 is 0. The number of anilines is 2. The number of carbonyl (C=O) groups excluding carboxylic acids is 2. The fraction of sp³-hybridized carbons (Fsp3) is 0.385. The Labute approximate surface area is 209 Å². The molecule has 1 aliphatic heterocycles. The van der Waals surface area contributed by atoms with Crippen molar-refractivity contribution >= 4 is 34.4 Å². The number of benzene rings is 2. The summed E-state index contributed by atoms with van der Waals surface area (Å²) in [5.41, 5.74) is 1.34. The monoisotopic (exact) mass is 494 g/mol. The standard InChI is InChI=1S/C26H31FN6O3/c1-17(2)23(25(34)36-3)31-24-20-6-4-5-7-21(20)29-22(30-24)16-32-12-14-33(15-13-32)26(35)28-19-10-8-18(27)9-11-19/h4-11,17,23H,12-16H2,1-3H3,(H,28,35)(H,29,30,31)/t23-/m0/s1. The number of nitrogens with one attached hydrogen (secondary N) is 2. The second-order valence-electron chi connectivity index (χ2n) is 9.10. The molecule has 1 saturated heterocycles. The molecule has 2 aromatic carbocycles. The van der Waals surface area contributed by atoms with E-state index in [-0.39, 0.29) is 23.7 Å². The minimum atomic E-state index is -0.538. The van der Waals surface area contributed by atoms with Gasteiger partial charge in [0.15, 0.2) is 0 Å². The van der Waals surface area contributed by atoms with E-state index >= 15 is 0 Å². The Morgan fingerprint density at radius 3 is 2.39 bits per heavy atom. The number of methoxy groups -OCH3 is 1. The summed E-state index contributed by atoms with van der Waals surface area (Å²) in [7, 11) is 1.38. The number of fused-ring (bicyclic) bond motifs is 1. The number of rotatable bonds is 7. The molecular weight excluding hydrogens is 463 g/mol. The van der Waals surface area contributed by atoms with E-state index in [1.54, 1.807) is 4.90 Å². The second-order valence-corrected chi connectivity index (χ2v) is 9.10. The Hall–Kier alpha value is -3.79. The summed E-state index contributed by atoms with van der Waals surface area (Å²) in [6.45, 7) is 6.82. The number of amides is 2. The van der Waals surface area contributed by atoms with Crippen molar-refractivity contribution in [2.45, 2.75) is 26.4 Å². The lowest BCUT2D eigenvalue weighted by molar-refractivity contribution is -0.142. The quantitative estimate of drug-likeness (QED) is 0.483. The predicted molar refractivity (Wildman–Crippen MR) is 136 cm³/mol. The third kappa shape index (κ3) is 6.06. The number of hydrogen-bond acceptors (Lipinski definition) is 7. The number of nitrogens with zero attached hydrogens (tertiary/aromatic N) is 4. The molecule has 1 aliphatic rings. The van der Waals surface area contributed by atoms with Crippen molar-refractivity contribution in [3.05, 3.63) is 60.2 Å². The summed E-state index contributed by atoms with van der Waals surface area (Å²) in [6, 6.07) is 12.6. The van der Waals surface area contributed by atoms with Gasteiger partial charge in [-0.05, 0) is 42.3 Å². The summed E-state index contributed by atoms with van der Waals surface area (Å²) in [5, 5.41) is 6.90. The van der Waals surface area contributed by atoms with Crippen LogP contribution in [0.15, 0.2) is 48.5 Å².